The van der Waals surface area contributed by atoms with Gasteiger partial charge in [0, 0.05) is 6.07 Å². The minimum absolute atomic E-state index is 0.175. The average Bonchev–Trinajstić information content (AvgIpc) is 2.57. The van der Waals surface area contributed by atoms with Gasteiger partial charge in [-0.3, -0.25) is 9.89 Å². The van der Waals surface area contributed by atoms with Crippen molar-refractivity contribution in [3.63, 3.8) is 0 Å². The predicted molar refractivity (Wildman–Crippen MR) is 50.1 cm³/mol. The number of rotatable bonds is 4. The van der Waals surface area contributed by atoms with E-state index in [1.807, 2.05) is 6.92 Å². The minimum atomic E-state index is -0.437. The molecule has 5 heteroatoms. The van der Waals surface area contributed by atoms with Gasteiger partial charge in [0.25, 0.3) is 0 Å². The fourth-order valence-electron chi connectivity index (χ4n) is 0.993. The van der Waals surface area contributed by atoms with E-state index < -0.39 is 6.04 Å². The van der Waals surface area contributed by atoms with Gasteiger partial charge in [0.15, 0.2) is 0 Å². The van der Waals surface area contributed by atoms with E-state index in [1.165, 1.54) is 0 Å². The van der Waals surface area contributed by atoms with Crippen LogP contribution in [0.1, 0.15) is 19.8 Å². The Balaban J connectivity index is 2.41. The number of nitrogens with two attached hydrogens (primary N) is 1. The number of nitrogens with one attached hydrogen (secondary N) is 2. The van der Waals surface area contributed by atoms with Crippen molar-refractivity contribution in [1.29, 1.82) is 0 Å². The number of aromatic nitrogens is 2. The van der Waals surface area contributed by atoms with Crippen molar-refractivity contribution in [1.82, 2.24) is 10.2 Å². The van der Waals surface area contributed by atoms with Crippen LogP contribution < -0.4 is 11.1 Å². The molecule has 1 atom stereocenters. The SMILES string of the molecule is CCC[C@H](N)C(=O)Nc1ccn[nH]1. The van der Waals surface area contributed by atoms with Crippen LogP contribution in [0.15, 0.2) is 12.3 Å². The Morgan fingerprint density at radius 2 is 2.62 bits per heavy atom. The number of hydrogen-bond donors (Lipinski definition) is 3. The van der Waals surface area contributed by atoms with E-state index in [9.17, 15) is 4.79 Å². The van der Waals surface area contributed by atoms with Crippen molar-refractivity contribution >= 4 is 11.7 Å². The Hall–Kier alpha value is -1.36. The second-order valence-electron chi connectivity index (χ2n) is 2.85. The van der Waals surface area contributed by atoms with Gasteiger partial charge in [0.2, 0.25) is 5.91 Å². The summed E-state index contributed by atoms with van der Waals surface area (Å²) in [5.74, 6) is 0.405. The molecular weight excluding hydrogens is 168 g/mol. The van der Waals surface area contributed by atoms with Gasteiger partial charge in [0.1, 0.15) is 5.82 Å². The van der Waals surface area contributed by atoms with E-state index >= 15 is 0 Å². The van der Waals surface area contributed by atoms with Crippen LogP contribution in [0.2, 0.25) is 0 Å². The molecule has 0 aliphatic rings. The number of H-pyrrole nitrogens is 1. The second-order valence-corrected chi connectivity index (χ2v) is 2.85. The number of aromatic amines is 1. The highest BCUT2D eigenvalue weighted by Crippen LogP contribution is 2.01. The lowest BCUT2D eigenvalue weighted by Crippen LogP contribution is -2.35. The normalized spacial score (nSPS) is 12.5. The van der Waals surface area contributed by atoms with Crippen LogP contribution in [0, 0.1) is 0 Å². The van der Waals surface area contributed by atoms with Crippen LogP contribution in [-0.4, -0.2) is 22.1 Å². The van der Waals surface area contributed by atoms with E-state index in [4.69, 9.17) is 5.73 Å². The van der Waals surface area contributed by atoms with Crippen LogP contribution in [0.3, 0.4) is 0 Å². The summed E-state index contributed by atoms with van der Waals surface area (Å²) in [5, 5.41) is 8.95. The Labute approximate surface area is 76.7 Å². The number of nitrogens with zero attached hydrogens (tertiary/aromatic N) is 1. The van der Waals surface area contributed by atoms with Crippen molar-refractivity contribution in [3.05, 3.63) is 12.3 Å². The van der Waals surface area contributed by atoms with Gasteiger partial charge in [-0.1, -0.05) is 13.3 Å². The molecule has 0 saturated heterocycles. The Bertz CT molecular complexity index is 257. The summed E-state index contributed by atoms with van der Waals surface area (Å²) < 4.78 is 0. The highest BCUT2D eigenvalue weighted by atomic mass is 16.2. The van der Waals surface area contributed by atoms with Crippen LogP contribution in [-0.2, 0) is 4.79 Å². The maximum atomic E-state index is 11.3. The van der Waals surface area contributed by atoms with Crippen LogP contribution >= 0.6 is 0 Å². The van der Waals surface area contributed by atoms with Crippen molar-refractivity contribution in [2.24, 2.45) is 5.73 Å². The topological polar surface area (TPSA) is 83.8 Å². The van der Waals surface area contributed by atoms with E-state index in [-0.39, 0.29) is 5.91 Å². The van der Waals surface area contributed by atoms with Gasteiger partial charge in [-0.15, -0.1) is 0 Å². The lowest BCUT2D eigenvalue weighted by Gasteiger charge is -2.08. The Morgan fingerprint density at radius 3 is 3.15 bits per heavy atom. The molecule has 13 heavy (non-hydrogen) atoms. The molecule has 1 amide bonds. The summed E-state index contributed by atoms with van der Waals surface area (Å²) in [6.07, 6.45) is 3.17. The van der Waals surface area contributed by atoms with Crippen LogP contribution in [0.25, 0.3) is 0 Å². The first-order chi connectivity index (χ1) is 6.24. The molecule has 5 nitrogen and oxygen atoms in total. The third-order valence-electron chi connectivity index (χ3n) is 1.70. The lowest BCUT2D eigenvalue weighted by atomic mass is 10.2. The number of anilines is 1. The quantitative estimate of drug-likeness (QED) is 0.633. The highest BCUT2D eigenvalue weighted by molar-refractivity contribution is 5.93. The highest BCUT2D eigenvalue weighted by Gasteiger charge is 2.12. The number of hydrogen-bond acceptors (Lipinski definition) is 3. The molecule has 0 aromatic carbocycles. The molecule has 72 valence electrons. The number of carbonyl (C=O) groups excluding carboxylic acids is 1. The zero-order valence-corrected chi connectivity index (χ0v) is 7.58. The third-order valence-corrected chi connectivity index (χ3v) is 1.70. The molecule has 0 bridgehead atoms. The van der Waals surface area contributed by atoms with Crippen molar-refractivity contribution < 1.29 is 4.79 Å². The van der Waals surface area contributed by atoms with Gasteiger partial charge >= 0.3 is 0 Å². The first kappa shape index (κ1) is 9.73. The Kier molecular flexibility index (Phi) is 3.45. The maximum absolute atomic E-state index is 11.3. The molecule has 0 aliphatic carbocycles. The zero-order valence-electron chi connectivity index (χ0n) is 7.58. The van der Waals surface area contributed by atoms with Crippen molar-refractivity contribution in [3.8, 4) is 0 Å². The molecule has 0 fully saturated rings. The standard InChI is InChI=1S/C8H14N4O/c1-2-3-6(9)8(13)11-7-4-5-10-12-7/h4-6H,2-3,9H2,1H3,(H2,10,11,12,13)/t6-/m0/s1. The zero-order chi connectivity index (χ0) is 9.68. The van der Waals surface area contributed by atoms with Crippen LogP contribution in [0.5, 0.6) is 0 Å². The summed E-state index contributed by atoms with van der Waals surface area (Å²) in [4.78, 5) is 11.3. The first-order valence-corrected chi connectivity index (χ1v) is 4.30. The first-order valence-electron chi connectivity index (χ1n) is 4.30. The summed E-state index contributed by atoms with van der Waals surface area (Å²) in [6.45, 7) is 1.99. The number of carbonyl (C=O) groups is 1. The van der Waals surface area contributed by atoms with Gasteiger partial charge in [-0.05, 0) is 6.42 Å². The maximum Gasteiger partial charge on any atom is 0.242 e. The molecule has 0 unspecified atom stereocenters. The molecule has 1 aromatic heterocycles. The monoisotopic (exact) mass is 182 g/mol. The molecule has 4 N–H and O–H groups in total. The molecule has 0 radical (unpaired) electrons. The molecule has 1 heterocycles. The molecule has 1 rings (SSSR count). The van der Waals surface area contributed by atoms with Gasteiger partial charge in [-0.25, -0.2) is 0 Å². The average molecular weight is 182 g/mol. The van der Waals surface area contributed by atoms with E-state index in [2.05, 4.69) is 15.5 Å². The summed E-state index contributed by atoms with van der Waals surface area (Å²) in [5.41, 5.74) is 5.60. The fourth-order valence-corrected chi connectivity index (χ4v) is 0.993. The largest absolute Gasteiger partial charge is 0.320 e. The molecule has 0 aliphatic heterocycles. The van der Waals surface area contributed by atoms with Crippen molar-refractivity contribution in [2.75, 3.05) is 5.32 Å². The molecular formula is C8H14N4O. The summed E-state index contributed by atoms with van der Waals surface area (Å²) >= 11 is 0. The Morgan fingerprint density at radius 1 is 1.85 bits per heavy atom. The second kappa shape index (κ2) is 4.61. The van der Waals surface area contributed by atoms with Crippen molar-refractivity contribution in [2.45, 2.75) is 25.8 Å². The lowest BCUT2D eigenvalue weighted by molar-refractivity contribution is -0.117. The minimum Gasteiger partial charge on any atom is -0.320 e. The van der Waals surface area contributed by atoms with Gasteiger partial charge < -0.3 is 11.1 Å². The molecule has 1 aromatic rings. The third kappa shape index (κ3) is 2.87. The van der Waals surface area contributed by atoms with Gasteiger partial charge in [0.05, 0.1) is 12.2 Å². The van der Waals surface area contributed by atoms with E-state index in [1.54, 1.807) is 12.3 Å². The van der Waals surface area contributed by atoms with Crippen LogP contribution in [0.4, 0.5) is 5.82 Å². The van der Waals surface area contributed by atoms with Gasteiger partial charge in [-0.2, -0.15) is 5.10 Å². The molecule has 0 saturated carbocycles. The van der Waals surface area contributed by atoms with E-state index in [0.717, 1.165) is 6.42 Å². The summed E-state index contributed by atoms with van der Waals surface area (Å²) in [7, 11) is 0. The molecule has 0 spiro atoms. The number of amides is 1. The predicted octanol–water partition coefficient (Wildman–Crippen LogP) is 0.476. The van der Waals surface area contributed by atoms with E-state index in [0.29, 0.717) is 12.2 Å². The summed E-state index contributed by atoms with van der Waals surface area (Å²) in [6, 6.07) is 1.24. The fraction of sp³-hybridized carbons (Fsp3) is 0.500. The smallest absolute Gasteiger partial charge is 0.242 e.